The molecule has 2 rings (SSSR count). The van der Waals surface area contributed by atoms with Crippen molar-refractivity contribution in [2.45, 2.75) is 20.8 Å². The molecule has 0 unspecified atom stereocenters. The summed E-state index contributed by atoms with van der Waals surface area (Å²) in [6.45, 7) is 7.40. The van der Waals surface area contributed by atoms with Crippen LogP contribution in [0.5, 0.6) is 5.75 Å². The van der Waals surface area contributed by atoms with Crippen molar-refractivity contribution in [1.82, 2.24) is 9.55 Å². The van der Waals surface area contributed by atoms with Gasteiger partial charge in [0.1, 0.15) is 12.4 Å². The summed E-state index contributed by atoms with van der Waals surface area (Å²) >= 11 is 0. The molecule has 2 N–H and O–H groups in total. The van der Waals surface area contributed by atoms with Crippen LogP contribution in [-0.2, 0) is 4.74 Å². The number of benzene rings is 1. The molecule has 0 aliphatic heterocycles. The van der Waals surface area contributed by atoms with Crippen LogP contribution in [0.1, 0.15) is 19.5 Å². The number of rotatable bonds is 8. The molecule has 0 atom stereocenters. The zero-order valence-electron chi connectivity index (χ0n) is 14.3. The fourth-order valence-corrected chi connectivity index (χ4v) is 1.89. The van der Waals surface area contributed by atoms with Gasteiger partial charge in [-0.2, -0.15) is 0 Å². The average Bonchev–Trinajstić information content (AvgIpc) is 3.02. The average molecular weight is 336 g/mol. The van der Waals surface area contributed by atoms with Gasteiger partial charge < -0.3 is 19.8 Å². The number of aryl methyl sites for hydroxylation is 1. The standard InChI is InChI=1S/C14H18N4O4.C2H6/c1-11-9-17(10-16-11)13-3-2-12(18(19)20)8-14(13)22-7-6-21-5-4-15;1-2/h2-3,8-10H,4-7,15H2,1H3;1-2H3. The Kier molecular flexibility index (Phi) is 8.45. The van der Waals surface area contributed by atoms with Crippen molar-refractivity contribution in [2.24, 2.45) is 5.73 Å². The summed E-state index contributed by atoms with van der Waals surface area (Å²) in [5.41, 5.74) is 6.83. The van der Waals surface area contributed by atoms with Crippen molar-refractivity contribution in [3.05, 3.63) is 46.5 Å². The molecule has 1 heterocycles. The molecular weight excluding hydrogens is 312 g/mol. The van der Waals surface area contributed by atoms with E-state index in [1.807, 2.05) is 27.0 Å². The lowest BCUT2D eigenvalue weighted by Gasteiger charge is -2.12. The van der Waals surface area contributed by atoms with Gasteiger partial charge in [-0.1, -0.05) is 13.8 Å². The van der Waals surface area contributed by atoms with Crippen molar-refractivity contribution < 1.29 is 14.4 Å². The zero-order chi connectivity index (χ0) is 17.9. The first-order valence-electron chi connectivity index (χ1n) is 7.82. The maximum absolute atomic E-state index is 10.9. The van der Waals surface area contributed by atoms with Crippen LogP contribution in [0.2, 0.25) is 0 Å². The van der Waals surface area contributed by atoms with Gasteiger partial charge >= 0.3 is 0 Å². The van der Waals surface area contributed by atoms with Crippen LogP contribution < -0.4 is 10.5 Å². The smallest absolute Gasteiger partial charge is 0.273 e. The summed E-state index contributed by atoms with van der Waals surface area (Å²) in [5, 5.41) is 10.9. The second-order valence-corrected chi connectivity index (χ2v) is 4.58. The van der Waals surface area contributed by atoms with E-state index < -0.39 is 4.92 Å². The number of hydrogen-bond acceptors (Lipinski definition) is 6. The van der Waals surface area contributed by atoms with Crippen LogP contribution in [0, 0.1) is 17.0 Å². The SMILES string of the molecule is CC.Cc1cn(-c2ccc([N+](=O)[O-])cc2OCCOCCN)cn1. The Morgan fingerprint density at radius 2 is 2.04 bits per heavy atom. The Morgan fingerprint density at radius 3 is 2.62 bits per heavy atom. The van der Waals surface area contributed by atoms with Crippen molar-refractivity contribution >= 4 is 5.69 Å². The predicted molar refractivity (Wildman–Crippen MR) is 91.7 cm³/mol. The van der Waals surface area contributed by atoms with Crippen LogP contribution >= 0.6 is 0 Å². The minimum Gasteiger partial charge on any atom is -0.489 e. The van der Waals surface area contributed by atoms with E-state index in [9.17, 15) is 10.1 Å². The highest BCUT2D eigenvalue weighted by atomic mass is 16.6. The lowest BCUT2D eigenvalue weighted by atomic mass is 10.2. The first-order chi connectivity index (χ1) is 11.6. The molecule has 0 fully saturated rings. The molecule has 0 bridgehead atoms. The fourth-order valence-electron chi connectivity index (χ4n) is 1.89. The molecule has 132 valence electrons. The lowest BCUT2D eigenvalue weighted by molar-refractivity contribution is -0.384. The highest BCUT2D eigenvalue weighted by Crippen LogP contribution is 2.28. The molecule has 0 amide bonds. The molecule has 0 aliphatic carbocycles. The molecule has 0 radical (unpaired) electrons. The quantitative estimate of drug-likeness (QED) is 0.451. The fraction of sp³-hybridized carbons (Fsp3) is 0.438. The van der Waals surface area contributed by atoms with Gasteiger partial charge in [-0.15, -0.1) is 0 Å². The summed E-state index contributed by atoms with van der Waals surface area (Å²) in [6, 6.07) is 4.46. The number of nitrogens with two attached hydrogens (primary N) is 1. The molecule has 0 saturated heterocycles. The topological polar surface area (TPSA) is 105 Å². The van der Waals surface area contributed by atoms with Crippen LogP contribution in [-0.4, -0.2) is 40.8 Å². The van der Waals surface area contributed by atoms with Crippen molar-refractivity contribution in [1.29, 1.82) is 0 Å². The number of hydrogen-bond donors (Lipinski definition) is 1. The van der Waals surface area contributed by atoms with Crippen LogP contribution in [0.3, 0.4) is 0 Å². The van der Waals surface area contributed by atoms with E-state index >= 15 is 0 Å². The summed E-state index contributed by atoms with van der Waals surface area (Å²) in [7, 11) is 0. The van der Waals surface area contributed by atoms with Gasteiger partial charge in [0, 0.05) is 18.8 Å². The third-order valence-electron chi connectivity index (χ3n) is 2.89. The summed E-state index contributed by atoms with van der Waals surface area (Å²) in [6.07, 6.45) is 3.45. The number of nitro groups is 1. The number of nitrogens with zero attached hydrogens (tertiary/aromatic N) is 3. The van der Waals surface area contributed by atoms with Crippen molar-refractivity contribution in [2.75, 3.05) is 26.4 Å². The van der Waals surface area contributed by atoms with Gasteiger partial charge in [0.2, 0.25) is 0 Å². The number of nitro benzene ring substituents is 1. The summed E-state index contributed by atoms with van der Waals surface area (Å²) in [5.74, 6) is 0.406. The second-order valence-electron chi connectivity index (χ2n) is 4.58. The molecule has 1 aromatic heterocycles. The molecule has 1 aromatic carbocycles. The third kappa shape index (κ3) is 5.64. The Balaban J connectivity index is 0.00000139. The minimum absolute atomic E-state index is 0.0292. The maximum Gasteiger partial charge on any atom is 0.273 e. The van der Waals surface area contributed by atoms with E-state index in [2.05, 4.69) is 4.98 Å². The van der Waals surface area contributed by atoms with Gasteiger partial charge in [-0.05, 0) is 13.0 Å². The molecule has 2 aromatic rings. The zero-order valence-corrected chi connectivity index (χ0v) is 14.3. The van der Waals surface area contributed by atoms with Crippen molar-refractivity contribution in [3.63, 3.8) is 0 Å². The first kappa shape index (κ1) is 19.6. The number of aromatic nitrogens is 2. The highest BCUT2D eigenvalue weighted by Gasteiger charge is 2.13. The molecule has 24 heavy (non-hydrogen) atoms. The van der Waals surface area contributed by atoms with Gasteiger partial charge in [-0.25, -0.2) is 4.98 Å². The lowest BCUT2D eigenvalue weighted by Crippen LogP contribution is -2.13. The Bertz CT molecular complexity index is 643. The third-order valence-corrected chi connectivity index (χ3v) is 2.89. The molecular formula is C16H24N4O4. The van der Waals surface area contributed by atoms with Gasteiger partial charge in [0.25, 0.3) is 5.69 Å². The Hall–Kier alpha value is -2.45. The van der Waals surface area contributed by atoms with Crippen LogP contribution in [0.15, 0.2) is 30.7 Å². The molecule has 8 nitrogen and oxygen atoms in total. The predicted octanol–water partition coefficient (Wildman–Crippen LogP) is 2.47. The maximum atomic E-state index is 10.9. The Morgan fingerprint density at radius 1 is 1.29 bits per heavy atom. The van der Waals surface area contributed by atoms with Gasteiger partial charge in [-0.3, -0.25) is 10.1 Å². The van der Waals surface area contributed by atoms with E-state index in [0.717, 1.165) is 5.69 Å². The van der Waals surface area contributed by atoms with E-state index in [-0.39, 0.29) is 12.3 Å². The summed E-state index contributed by atoms with van der Waals surface area (Å²) < 4.78 is 12.6. The van der Waals surface area contributed by atoms with Gasteiger partial charge in [0.05, 0.1) is 41.9 Å². The van der Waals surface area contributed by atoms with E-state index in [4.69, 9.17) is 15.2 Å². The molecule has 0 saturated carbocycles. The minimum atomic E-state index is -0.458. The monoisotopic (exact) mass is 336 g/mol. The van der Waals surface area contributed by atoms with E-state index in [0.29, 0.717) is 31.2 Å². The molecule has 8 heteroatoms. The second kappa shape index (κ2) is 10.3. The highest BCUT2D eigenvalue weighted by molar-refractivity contribution is 5.53. The normalized spacial score (nSPS) is 10.0. The van der Waals surface area contributed by atoms with Crippen LogP contribution in [0.4, 0.5) is 5.69 Å². The number of imidazole rings is 1. The molecule has 0 spiro atoms. The van der Waals surface area contributed by atoms with Crippen molar-refractivity contribution in [3.8, 4) is 11.4 Å². The number of non-ortho nitro benzene ring substituents is 1. The van der Waals surface area contributed by atoms with Crippen LogP contribution in [0.25, 0.3) is 5.69 Å². The van der Waals surface area contributed by atoms with E-state index in [1.165, 1.54) is 12.1 Å². The largest absolute Gasteiger partial charge is 0.489 e. The molecule has 0 aliphatic rings. The summed E-state index contributed by atoms with van der Waals surface area (Å²) in [4.78, 5) is 14.6. The first-order valence-corrected chi connectivity index (χ1v) is 7.82. The number of ether oxygens (including phenoxy) is 2. The Labute approximate surface area is 141 Å². The van der Waals surface area contributed by atoms with Gasteiger partial charge in [0.15, 0.2) is 0 Å². The van der Waals surface area contributed by atoms with E-state index in [1.54, 1.807) is 17.0 Å².